The fourth-order valence-electron chi connectivity index (χ4n) is 1.91. The molecule has 16 heavy (non-hydrogen) atoms. The maximum Gasteiger partial charge on any atom is 0.320 e. The van der Waals surface area contributed by atoms with Crippen molar-refractivity contribution in [3.8, 4) is 0 Å². The Morgan fingerprint density at radius 3 is 2.75 bits per heavy atom. The van der Waals surface area contributed by atoms with E-state index in [9.17, 15) is 4.79 Å². The van der Waals surface area contributed by atoms with E-state index >= 15 is 0 Å². The quantitative estimate of drug-likeness (QED) is 0.685. The van der Waals surface area contributed by atoms with E-state index in [1.807, 2.05) is 0 Å². The number of carbonyl (C=O) groups is 1. The number of rotatable bonds is 6. The maximum absolute atomic E-state index is 11.5. The molecule has 1 aliphatic heterocycles. The molecule has 0 aliphatic carbocycles. The summed E-state index contributed by atoms with van der Waals surface area (Å²) in [6.45, 7) is 9.12. The van der Waals surface area contributed by atoms with Crippen LogP contribution in [0.4, 0.5) is 0 Å². The lowest BCUT2D eigenvalue weighted by molar-refractivity contribution is -0.146. The number of nitrogens with zero attached hydrogens (tertiary/aromatic N) is 1. The Bertz CT molecular complexity index is 203. The van der Waals surface area contributed by atoms with E-state index in [-0.39, 0.29) is 5.97 Å². The molecule has 0 aromatic carbocycles. The number of hydrogen-bond donors (Lipinski definition) is 1. The Hall–Kier alpha value is -0.610. The molecule has 1 atom stereocenters. The molecule has 0 saturated carbocycles. The Kier molecular flexibility index (Phi) is 6.42. The van der Waals surface area contributed by atoms with Gasteiger partial charge >= 0.3 is 5.97 Å². The molecule has 1 fully saturated rings. The molecule has 94 valence electrons. The van der Waals surface area contributed by atoms with Gasteiger partial charge in [0.25, 0.3) is 0 Å². The molecule has 4 heteroatoms. The summed E-state index contributed by atoms with van der Waals surface area (Å²) in [6, 6.07) is 0. The summed E-state index contributed by atoms with van der Waals surface area (Å²) >= 11 is 0. The van der Waals surface area contributed by atoms with E-state index in [0.29, 0.717) is 19.1 Å². The van der Waals surface area contributed by atoms with Gasteiger partial charge in [0.05, 0.1) is 13.2 Å². The highest BCUT2D eigenvalue weighted by molar-refractivity contribution is 5.71. The molecule has 0 amide bonds. The first-order valence-corrected chi connectivity index (χ1v) is 6.31. The van der Waals surface area contributed by atoms with Crippen molar-refractivity contribution < 1.29 is 9.53 Å². The van der Waals surface area contributed by atoms with E-state index < -0.39 is 0 Å². The van der Waals surface area contributed by atoms with Crippen LogP contribution in [0, 0.1) is 5.92 Å². The van der Waals surface area contributed by atoms with Crippen molar-refractivity contribution in [3.63, 3.8) is 0 Å². The average Bonchev–Trinajstić information content (AvgIpc) is 2.28. The van der Waals surface area contributed by atoms with Crippen LogP contribution in [0.5, 0.6) is 0 Å². The van der Waals surface area contributed by atoms with E-state index in [1.165, 1.54) is 0 Å². The third-order valence-corrected chi connectivity index (χ3v) is 2.87. The molecule has 1 saturated heterocycles. The van der Waals surface area contributed by atoms with Crippen molar-refractivity contribution >= 4 is 5.97 Å². The zero-order valence-corrected chi connectivity index (χ0v) is 10.5. The first kappa shape index (κ1) is 13.5. The van der Waals surface area contributed by atoms with Crippen LogP contribution in [0.2, 0.25) is 0 Å². The summed E-state index contributed by atoms with van der Waals surface area (Å²) in [6.07, 6.45) is 2.28. The van der Waals surface area contributed by atoms with Gasteiger partial charge in [-0.25, -0.2) is 0 Å². The van der Waals surface area contributed by atoms with Crippen LogP contribution in [0.15, 0.2) is 0 Å². The van der Waals surface area contributed by atoms with Gasteiger partial charge in [-0.2, -0.15) is 0 Å². The standard InChI is InChI=1S/C12H24N2O2/c1-3-4-11(2)10-16-12(15)9-14-7-5-13-6-8-14/h11,13H,3-10H2,1-2H3. The first-order chi connectivity index (χ1) is 7.72. The van der Waals surface area contributed by atoms with E-state index in [4.69, 9.17) is 4.74 Å². The second-order valence-electron chi connectivity index (χ2n) is 4.60. The molecule has 4 nitrogen and oxygen atoms in total. The molecule has 1 aliphatic rings. The Balaban J connectivity index is 2.10. The molecule has 1 rings (SSSR count). The largest absolute Gasteiger partial charge is 0.464 e. The minimum Gasteiger partial charge on any atom is -0.464 e. The molecule has 1 N–H and O–H groups in total. The third-order valence-electron chi connectivity index (χ3n) is 2.87. The van der Waals surface area contributed by atoms with Crippen LogP contribution in [-0.2, 0) is 9.53 Å². The number of esters is 1. The first-order valence-electron chi connectivity index (χ1n) is 6.31. The lowest BCUT2D eigenvalue weighted by Crippen LogP contribution is -2.45. The zero-order valence-electron chi connectivity index (χ0n) is 10.5. The Morgan fingerprint density at radius 2 is 2.12 bits per heavy atom. The summed E-state index contributed by atoms with van der Waals surface area (Å²) in [5, 5.41) is 3.26. The minimum absolute atomic E-state index is 0.0788. The topological polar surface area (TPSA) is 41.6 Å². The lowest BCUT2D eigenvalue weighted by Gasteiger charge is -2.26. The summed E-state index contributed by atoms with van der Waals surface area (Å²) in [4.78, 5) is 13.7. The minimum atomic E-state index is -0.0788. The highest BCUT2D eigenvalue weighted by Crippen LogP contribution is 2.05. The van der Waals surface area contributed by atoms with Crippen molar-refractivity contribution in [2.75, 3.05) is 39.3 Å². The monoisotopic (exact) mass is 228 g/mol. The highest BCUT2D eigenvalue weighted by atomic mass is 16.5. The van der Waals surface area contributed by atoms with Crippen molar-refractivity contribution in [1.29, 1.82) is 0 Å². The van der Waals surface area contributed by atoms with Gasteiger partial charge in [0.1, 0.15) is 0 Å². The van der Waals surface area contributed by atoms with E-state index in [2.05, 4.69) is 24.1 Å². The molecule has 0 radical (unpaired) electrons. The molecular formula is C12H24N2O2. The van der Waals surface area contributed by atoms with Gasteiger partial charge in [0.2, 0.25) is 0 Å². The average molecular weight is 228 g/mol. The summed E-state index contributed by atoms with van der Waals surface area (Å²) in [5.41, 5.74) is 0. The SMILES string of the molecule is CCCC(C)COC(=O)CN1CCNCC1. The number of piperazine rings is 1. The van der Waals surface area contributed by atoms with Gasteiger partial charge in [-0.05, 0) is 12.3 Å². The Morgan fingerprint density at radius 1 is 1.44 bits per heavy atom. The lowest BCUT2D eigenvalue weighted by atomic mass is 10.1. The van der Waals surface area contributed by atoms with Crippen molar-refractivity contribution in [1.82, 2.24) is 10.2 Å². The number of hydrogen-bond acceptors (Lipinski definition) is 4. The van der Waals surface area contributed by atoms with Crippen LogP contribution < -0.4 is 5.32 Å². The highest BCUT2D eigenvalue weighted by Gasteiger charge is 2.14. The molecular weight excluding hydrogens is 204 g/mol. The number of nitrogens with one attached hydrogen (secondary N) is 1. The van der Waals surface area contributed by atoms with Crippen molar-refractivity contribution in [2.24, 2.45) is 5.92 Å². The molecule has 0 bridgehead atoms. The van der Waals surface area contributed by atoms with Crippen LogP contribution >= 0.6 is 0 Å². The van der Waals surface area contributed by atoms with Crippen molar-refractivity contribution in [2.45, 2.75) is 26.7 Å². The van der Waals surface area contributed by atoms with Gasteiger partial charge < -0.3 is 10.1 Å². The van der Waals surface area contributed by atoms with Crippen LogP contribution in [0.1, 0.15) is 26.7 Å². The number of ether oxygens (including phenoxy) is 1. The fourth-order valence-corrected chi connectivity index (χ4v) is 1.91. The predicted molar refractivity (Wildman–Crippen MR) is 64.3 cm³/mol. The van der Waals surface area contributed by atoms with Gasteiger partial charge in [-0.1, -0.05) is 20.3 Å². The normalized spacial score (nSPS) is 19.4. The third kappa shape index (κ3) is 5.47. The van der Waals surface area contributed by atoms with Crippen LogP contribution in [0.25, 0.3) is 0 Å². The molecule has 0 aromatic rings. The molecule has 1 heterocycles. The van der Waals surface area contributed by atoms with Crippen LogP contribution in [0.3, 0.4) is 0 Å². The van der Waals surface area contributed by atoms with Gasteiger partial charge in [0.15, 0.2) is 0 Å². The summed E-state index contributed by atoms with van der Waals surface area (Å²) < 4.78 is 5.26. The maximum atomic E-state index is 11.5. The van der Waals surface area contributed by atoms with Gasteiger partial charge in [0, 0.05) is 26.2 Å². The van der Waals surface area contributed by atoms with E-state index in [1.54, 1.807) is 0 Å². The predicted octanol–water partition coefficient (Wildman–Crippen LogP) is 0.871. The van der Waals surface area contributed by atoms with Gasteiger partial charge in [-0.15, -0.1) is 0 Å². The summed E-state index contributed by atoms with van der Waals surface area (Å²) in [7, 11) is 0. The number of carbonyl (C=O) groups excluding carboxylic acids is 1. The van der Waals surface area contributed by atoms with E-state index in [0.717, 1.165) is 39.0 Å². The second kappa shape index (κ2) is 7.63. The smallest absolute Gasteiger partial charge is 0.320 e. The van der Waals surface area contributed by atoms with Crippen LogP contribution in [-0.4, -0.2) is 50.2 Å². The molecule has 0 spiro atoms. The fraction of sp³-hybridized carbons (Fsp3) is 0.917. The zero-order chi connectivity index (χ0) is 11.8. The van der Waals surface area contributed by atoms with Crippen molar-refractivity contribution in [3.05, 3.63) is 0 Å². The second-order valence-corrected chi connectivity index (χ2v) is 4.60. The van der Waals surface area contributed by atoms with Gasteiger partial charge in [-0.3, -0.25) is 9.69 Å². The molecule has 1 unspecified atom stereocenters. The Labute approximate surface area is 98.3 Å². The molecule has 0 aromatic heterocycles. The summed E-state index contributed by atoms with van der Waals surface area (Å²) in [5.74, 6) is 0.404.